The van der Waals surface area contributed by atoms with Gasteiger partial charge in [0.15, 0.2) is 11.5 Å². The molecule has 2 rings (SSSR count). The highest BCUT2D eigenvalue weighted by Crippen LogP contribution is 2.36. The lowest BCUT2D eigenvalue weighted by molar-refractivity contribution is -0.116. The third-order valence-corrected chi connectivity index (χ3v) is 5.14. The van der Waals surface area contributed by atoms with Crippen LogP contribution in [0, 0.1) is 14.9 Å². The second-order valence-corrected chi connectivity index (χ2v) is 7.53. The summed E-state index contributed by atoms with van der Waals surface area (Å²) in [5.41, 5.74) is 1.53. The Morgan fingerprint density at radius 3 is 2.61 bits per heavy atom. The number of carbonyl (C=O) groups excluding carboxylic acids is 1. The van der Waals surface area contributed by atoms with E-state index in [0.717, 1.165) is 9.13 Å². The standard InChI is InChI=1S/C20H17Cl2IN2O3/c1-3-27-18-9-13(6-14(10-24)20(26)25-2)8-17(23)19(18)28-11-12-4-5-15(21)16(22)7-12/h4-9H,3,11H2,1-2H3,(H,25,26)/b14-6-. The van der Waals surface area contributed by atoms with E-state index in [1.165, 1.54) is 13.1 Å². The molecule has 0 aromatic heterocycles. The van der Waals surface area contributed by atoms with E-state index in [1.807, 2.05) is 25.1 Å². The van der Waals surface area contributed by atoms with Crippen LogP contribution in [0.5, 0.6) is 11.5 Å². The van der Waals surface area contributed by atoms with Gasteiger partial charge in [0.2, 0.25) is 0 Å². The van der Waals surface area contributed by atoms with E-state index in [0.29, 0.717) is 33.7 Å². The van der Waals surface area contributed by atoms with Crippen molar-refractivity contribution in [3.05, 3.63) is 60.6 Å². The first-order valence-electron chi connectivity index (χ1n) is 8.26. The van der Waals surface area contributed by atoms with Gasteiger partial charge < -0.3 is 14.8 Å². The Kier molecular flexibility index (Phi) is 8.42. The second kappa shape index (κ2) is 10.6. The van der Waals surface area contributed by atoms with Crippen molar-refractivity contribution in [1.29, 1.82) is 5.26 Å². The van der Waals surface area contributed by atoms with Crippen LogP contribution in [-0.4, -0.2) is 19.6 Å². The summed E-state index contributed by atoms with van der Waals surface area (Å²) in [4.78, 5) is 11.7. The van der Waals surface area contributed by atoms with Crippen molar-refractivity contribution in [2.24, 2.45) is 0 Å². The molecule has 0 fully saturated rings. The van der Waals surface area contributed by atoms with Crippen LogP contribution >= 0.6 is 45.8 Å². The lowest BCUT2D eigenvalue weighted by atomic mass is 10.1. The highest BCUT2D eigenvalue weighted by molar-refractivity contribution is 14.1. The number of hydrogen-bond donors (Lipinski definition) is 1. The molecule has 0 heterocycles. The van der Waals surface area contributed by atoms with E-state index in [1.54, 1.807) is 18.2 Å². The molecule has 0 atom stereocenters. The fourth-order valence-electron chi connectivity index (χ4n) is 2.31. The van der Waals surface area contributed by atoms with Gasteiger partial charge in [-0.3, -0.25) is 4.79 Å². The van der Waals surface area contributed by atoms with Gasteiger partial charge in [0.05, 0.1) is 20.2 Å². The molecule has 2 aromatic carbocycles. The molecule has 28 heavy (non-hydrogen) atoms. The molecule has 5 nitrogen and oxygen atoms in total. The fraction of sp³-hybridized carbons (Fsp3) is 0.200. The van der Waals surface area contributed by atoms with Crippen molar-refractivity contribution >= 4 is 57.8 Å². The average Bonchev–Trinajstić information content (AvgIpc) is 2.67. The zero-order chi connectivity index (χ0) is 20.7. The molecule has 0 saturated carbocycles. The van der Waals surface area contributed by atoms with Gasteiger partial charge in [-0.1, -0.05) is 29.3 Å². The predicted octanol–water partition coefficient (Wildman–Crippen LogP) is 5.23. The van der Waals surface area contributed by atoms with E-state index < -0.39 is 5.91 Å². The summed E-state index contributed by atoms with van der Waals surface area (Å²) in [7, 11) is 1.48. The molecule has 2 aromatic rings. The molecule has 0 radical (unpaired) electrons. The largest absolute Gasteiger partial charge is 0.490 e. The minimum atomic E-state index is -0.449. The minimum absolute atomic E-state index is 0.00484. The molecule has 0 saturated heterocycles. The first-order chi connectivity index (χ1) is 13.4. The van der Waals surface area contributed by atoms with Crippen LogP contribution in [0.2, 0.25) is 10.0 Å². The molecule has 0 aliphatic heterocycles. The van der Waals surface area contributed by atoms with E-state index >= 15 is 0 Å². The van der Waals surface area contributed by atoms with E-state index in [4.69, 9.17) is 32.7 Å². The summed E-state index contributed by atoms with van der Waals surface area (Å²) in [6, 6.07) is 10.7. The quantitative estimate of drug-likeness (QED) is 0.302. The molecule has 0 unspecified atom stereocenters. The summed E-state index contributed by atoms with van der Waals surface area (Å²) in [5, 5.41) is 12.6. The monoisotopic (exact) mass is 530 g/mol. The van der Waals surface area contributed by atoms with Crippen molar-refractivity contribution in [3.63, 3.8) is 0 Å². The predicted molar refractivity (Wildman–Crippen MR) is 119 cm³/mol. The fourth-order valence-corrected chi connectivity index (χ4v) is 3.41. The number of nitrogens with one attached hydrogen (secondary N) is 1. The van der Waals surface area contributed by atoms with E-state index in [2.05, 4.69) is 27.9 Å². The maximum Gasteiger partial charge on any atom is 0.261 e. The maximum absolute atomic E-state index is 11.7. The van der Waals surface area contributed by atoms with Gasteiger partial charge in [-0.15, -0.1) is 0 Å². The van der Waals surface area contributed by atoms with Crippen molar-refractivity contribution in [3.8, 4) is 17.6 Å². The molecule has 146 valence electrons. The summed E-state index contributed by atoms with van der Waals surface area (Å²) in [5.74, 6) is 0.648. The van der Waals surface area contributed by atoms with Crippen LogP contribution in [0.1, 0.15) is 18.1 Å². The third-order valence-electron chi connectivity index (χ3n) is 3.60. The number of amides is 1. The van der Waals surface area contributed by atoms with Crippen LogP contribution in [-0.2, 0) is 11.4 Å². The molecular weight excluding hydrogens is 514 g/mol. The number of benzene rings is 2. The Morgan fingerprint density at radius 2 is 2.00 bits per heavy atom. The van der Waals surface area contributed by atoms with Crippen molar-refractivity contribution in [1.82, 2.24) is 5.32 Å². The molecule has 0 spiro atoms. The number of rotatable bonds is 7. The Balaban J connectivity index is 2.34. The SMILES string of the molecule is CCOc1cc(/C=C(/C#N)C(=O)NC)cc(I)c1OCc1ccc(Cl)c(Cl)c1. The maximum atomic E-state index is 11.7. The number of hydrogen-bond acceptors (Lipinski definition) is 4. The summed E-state index contributed by atoms with van der Waals surface area (Å²) in [6.07, 6.45) is 1.51. The first kappa shape index (κ1) is 22.3. The van der Waals surface area contributed by atoms with Gasteiger partial charge >= 0.3 is 0 Å². The molecular formula is C20H17Cl2IN2O3. The van der Waals surface area contributed by atoms with Gasteiger partial charge in [0, 0.05) is 7.05 Å². The van der Waals surface area contributed by atoms with Crippen LogP contribution in [0.25, 0.3) is 6.08 Å². The Hall–Kier alpha value is -1.95. The molecule has 1 amide bonds. The van der Waals surface area contributed by atoms with E-state index in [-0.39, 0.29) is 12.2 Å². The highest BCUT2D eigenvalue weighted by Gasteiger charge is 2.14. The highest BCUT2D eigenvalue weighted by atomic mass is 127. The van der Waals surface area contributed by atoms with Crippen LogP contribution in [0.4, 0.5) is 0 Å². The number of nitriles is 1. The Labute approximate surface area is 187 Å². The number of nitrogens with zero attached hydrogens (tertiary/aromatic N) is 1. The number of likely N-dealkylation sites (N-methyl/N-ethyl adjacent to an activating group) is 1. The normalized spacial score (nSPS) is 10.9. The number of ether oxygens (including phenoxy) is 2. The average molecular weight is 531 g/mol. The molecule has 0 bridgehead atoms. The van der Waals surface area contributed by atoms with Gasteiger partial charge in [0.1, 0.15) is 18.2 Å². The Morgan fingerprint density at radius 1 is 1.25 bits per heavy atom. The number of carbonyl (C=O) groups is 1. The van der Waals surface area contributed by atoms with Gasteiger partial charge in [-0.05, 0) is 71.0 Å². The Bertz CT molecular complexity index is 955. The zero-order valence-corrected chi connectivity index (χ0v) is 18.9. The summed E-state index contributed by atoms with van der Waals surface area (Å²) < 4.78 is 12.4. The van der Waals surface area contributed by atoms with Gasteiger partial charge in [-0.2, -0.15) is 5.26 Å². The van der Waals surface area contributed by atoms with E-state index in [9.17, 15) is 10.1 Å². The number of halogens is 3. The molecule has 8 heteroatoms. The lowest BCUT2D eigenvalue weighted by Crippen LogP contribution is -2.19. The molecule has 1 N–H and O–H groups in total. The first-order valence-corrected chi connectivity index (χ1v) is 10.1. The third kappa shape index (κ3) is 5.77. The molecule has 0 aliphatic rings. The van der Waals surface area contributed by atoms with Crippen molar-refractivity contribution < 1.29 is 14.3 Å². The summed E-state index contributed by atoms with van der Waals surface area (Å²) >= 11 is 14.1. The smallest absolute Gasteiger partial charge is 0.261 e. The van der Waals surface area contributed by atoms with Crippen LogP contribution in [0.15, 0.2) is 35.9 Å². The van der Waals surface area contributed by atoms with Crippen molar-refractivity contribution in [2.75, 3.05) is 13.7 Å². The topological polar surface area (TPSA) is 71.3 Å². The summed E-state index contributed by atoms with van der Waals surface area (Å²) in [6.45, 7) is 2.58. The zero-order valence-electron chi connectivity index (χ0n) is 15.2. The minimum Gasteiger partial charge on any atom is -0.490 e. The van der Waals surface area contributed by atoms with Gasteiger partial charge in [0.25, 0.3) is 5.91 Å². The van der Waals surface area contributed by atoms with Crippen molar-refractivity contribution in [2.45, 2.75) is 13.5 Å². The lowest BCUT2D eigenvalue weighted by Gasteiger charge is -2.15. The van der Waals surface area contributed by atoms with Crippen LogP contribution < -0.4 is 14.8 Å². The van der Waals surface area contributed by atoms with Crippen LogP contribution in [0.3, 0.4) is 0 Å². The molecule has 0 aliphatic carbocycles. The second-order valence-electron chi connectivity index (χ2n) is 5.55. The van der Waals surface area contributed by atoms with Gasteiger partial charge in [-0.25, -0.2) is 0 Å².